The molecule has 0 radical (unpaired) electrons. The zero-order valence-electron chi connectivity index (χ0n) is 11.9. The summed E-state index contributed by atoms with van der Waals surface area (Å²) in [6.07, 6.45) is 9.68. The van der Waals surface area contributed by atoms with Gasteiger partial charge in [0.05, 0.1) is 6.10 Å². The zero-order valence-corrected chi connectivity index (χ0v) is 11.9. The van der Waals surface area contributed by atoms with E-state index in [1.54, 1.807) is 0 Å². The Balaban J connectivity index is 2.25. The quantitative estimate of drug-likeness (QED) is 0.559. The number of carbonyl (C=O) groups is 1. The second-order valence-corrected chi connectivity index (χ2v) is 5.66. The van der Waals surface area contributed by atoms with Crippen molar-refractivity contribution in [2.75, 3.05) is 0 Å². The average molecular weight is 256 g/mol. The summed E-state index contributed by atoms with van der Waals surface area (Å²) in [5, 5.41) is 10.2. The first-order valence-corrected chi connectivity index (χ1v) is 7.52. The predicted molar refractivity (Wildman–Crippen MR) is 72.3 cm³/mol. The molecule has 0 amide bonds. The van der Waals surface area contributed by atoms with Crippen LogP contribution in [0.4, 0.5) is 0 Å². The minimum Gasteiger partial charge on any atom is -0.461 e. The molecule has 0 spiro atoms. The monoisotopic (exact) mass is 256 g/mol. The largest absolute Gasteiger partial charge is 0.461 e. The van der Waals surface area contributed by atoms with Crippen LogP contribution < -0.4 is 0 Å². The summed E-state index contributed by atoms with van der Waals surface area (Å²) >= 11 is 0. The number of unbranched alkanes of at least 4 members (excludes halogenated alkanes) is 3. The fourth-order valence-corrected chi connectivity index (χ4v) is 2.55. The van der Waals surface area contributed by atoms with Gasteiger partial charge in [0.25, 0.3) is 0 Å². The van der Waals surface area contributed by atoms with Crippen LogP contribution in [-0.2, 0) is 9.53 Å². The Labute approximate surface area is 111 Å². The van der Waals surface area contributed by atoms with Crippen LogP contribution in [0.15, 0.2) is 0 Å². The van der Waals surface area contributed by atoms with E-state index in [1.807, 2.05) is 6.92 Å². The van der Waals surface area contributed by atoms with Crippen LogP contribution in [0.25, 0.3) is 0 Å². The molecule has 1 unspecified atom stereocenters. The lowest BCUT2D eigenvalue weighted by Crippen LogP contribution is -2.43. The molecule has 1 saturated carbocycles. The molecule has 0 aliphatic heterocycles. The van der Waals surface area contributed by atoms with Crippen molar-refractivity contribution in [1.29, 1.82) is 0 Å². The third-order valence-electron chi connectivity index (χ3n) is 3.83. The molecule has 106 valence electrons. The molecule has 0 aromatic heterocycles. The smallest absolute Gasteiger partial charge is 0.338 e. The van der Waals surface area contributed by atoms with Crippen LogP contribution in [0.5, 0.6) is 0 Å². The molecule has 0 heterocycles. The molecule has 1 rings (SSSR count). The number of hydrogen-bond donors (Lipinski definition) is 1. The summed E-state index contributed by atoms with van der Waals surface area (Å²) in [7, 11) is 0. The van der Waals surface area contributed by atoms with Crippen molar-refractivity contribution in [3.05, 3.63) is 0 Å². The Kier molecular flexibility index (Phi) is 6.69. The van der Waals surface area contributed by atoms with Gasteiger partial charge in [-0.3, -0.25) is 0 Å². The van der Waals surface area contributed by atoms with Gasteiger partial charge in [-0.05, 0) is 45.4 Å². The summed E-state index contributed by atoms with van der Waals surface area (Å²) in [5.74, 6) is -0.398. The van der Waals surface area contributed by atoms with Crippen LogP contribution >= 0.6 is 0 Å². The van der Waals surface area contributed by atoms with E-state index in [2.05, 4.69) is 6.92 Å². The van der Waals surface area contributed by atoms with E-state index in [0.29, 0.717) is 12.8 Å². The van der Waals surface area contributed by atoms with Gasteiger partial charge in [0.2, 0.25) is 0 Å². The van der Waals surface area contributed by atoms with Crippen molar-refractivity contribution in [3.63, 3.8) is 0 Å². The standard InChI is InChI=1S/C15H28O3/c1-3-4-5-7-10-13(2)18-14(16)15(17)11-8-6-9-12-15/h13,17H,3-12H2,1-2H3. The molecule has 1 atom stereocenters. The second kappa shape index (κ2) is 7.78. The van der Waals surface area contributed by atoms with Crippen molar-refractivity contribution in [1.82, 2.24) is 0 Å². The number of esters is 1. The van der Waals surface area contributed by atoms with Crippen LogP contribution in [0, 0.1) is 0 Å². The van der Waals surface area contributed by atoms with E-state index in [1.165, 1.54) is 19.3 Å². The number of rotatable bonds is 7. The van der Waals surface area contributed by atoms with Gasteiger partial charge in [-0.25, -0.2) is 4.79 Å². The van der Waals surface area contributed by atoms with Crippen LogP contribution in [0.2, 0.25) is 0 Å². The topological polar surface area (TPSA) is 46.5 Å². The predicted octanol–water partition coefficient (Wildman–Crippen LogP) is 3.58. The summed E-state index contributed by atoms with van der Waals surface area (Å²) < 4.78 is 5.38. The Bertz CT molecular complexity index is 244. The molecule has 3 heteroatoms. The van der Waals surface area contributed by atoms with Gasteiger partial charge >= 0.3 is 5.97 Å². The number of ether oxygens (including phenoxy) is 1. The van der Waals surface area contributed by atoms with Crippen molar-refractivity contribution < 1.29 is 14.6 Å². The third kappa shape index (κ3) is 4.97. The fourth-order valence-electron chi connectivity index (χ4n) is 2.55. The summed E-state index contributed by atoms with van der Waals surface area (Å²) in [5.41, 5.74) is -1.20. The van der Waals surface area contributed by atoms with E-state index in [-0.39, 0.29) is 6.10 Å². The molecule has 18 heavy (non-hydrogen) atoms. The second-order valence-electron chi connectivity index (χ2n) is 5.66. The maximum Gasteiger partial charge on any atom is 0.338 e. The minimum absolute atomic E-state index is 0.0692. The summed E-state index contributed by atoms with van der Waals surface area (Å²) in [6, 6.07) is 0. The molecular formula is C15H28O3. The molecule has 1 aliphatic rings. The van der Waals surface area contributed by atoms with Gasteiger partial charge in [-0.2, -0.15) is 0 Å². The van der Waals surface area contributed by atoms with Gasteiger partial charge in [-0.1, -0.05) is 32.6 Å². The number of carbonyl (C=O) groups excluding carboxylic acids is 1. The molecule has 0 bridgehead atoms. The lowest BCUT2D eigenvalue weighted by atomic mass is 9.85. The third-order valence-corrected chi connectivity index (χ3v) is 3.83. The lowest BCUT2D eigenvalue weighted by molar-refractivity contribution is -0.174. The summed E-state index contributed by atoms with van der Waals surface area (Å²) in [6.45, 7) is 4.11. The molecule has 1 N–H and O–H groups in total. The van der Waals surface area contributed by atoms with Crippen molar-refractivity contribution in [2.45, 2.75) is 89.8 Å². The van der Waals surface area contributed by atoms with Crippen molar-refractivity contribution in [3.8, 4) is 0 Å². The number of aliphatic hydroxyl groups is 1. The molecule has 3 nitrogen and oxygen atoms in total. The highest BCUT2D eigenvalue weighted by molar-refractivity contribution is 5.79. The summed E-state index contributed by atoms with van der Waals surface area (Å²) in [4.78, 5) is 11.9. The maximum absolute atomic E-state index is 11.9. The first-order chi connectivity index (χ1) is 8.58. The highest BCUT2D eigenvalue weighted by atomic mass is 16.6. The van der Waals surface area contributed by atoms with E-state index in [0.717, 1.165) is 32.1 Å². The average Bonchev–Trinajstić information content (AvgIpc) is 2.35. The van der Waals surface area contributed by atoms with E-state index in [4.69, 9.17) is 4.74 Å². The highest BCUT2D eigenvalue weighted by Gasteiger charge is 2.39. The van der Waals surface area contributed by atoms with Crippen LogP contribution in [-0.4, -0.2) is 22.8 Å². The highest BCUT2D eigenvalue weighted by Crippen LogP contribution is 2.29. The zero-order chi connectivity index (χ0) is 13.4. The van der Waals surface area contributed by atoms with Gasteiger partial charge in [0.1, 0.15) is 0 Å². The molecule has 0 aromatic carbocycles. The molecule has 0 aromatic rings. The normalized spacial score (nSPS) is 20.4. The van der Waals surface area contributed by atoms with E-state index in [9.17, 15) is 9.90 Å². The maximum atomic E-state index is 11.9. The van der Waals surface area contributed by atoms with Crippen molar-refractivity contribution in [2.24, 2.45) is 0 Å². The van der Waals surface area contributed by atoms with Crippen LogP contribution in [0.3, 0.4) is 0 Å². The molecule has 1 fully saturated rings. The fraction of sp³-hybridized carbons (Fsp3) is 0.933. The van der Waals surface area contributed by atoms with Crippen LogP contribution in [0.1, 0.15) is 78.1 Å². The Morgan fingerprint density at radius 1 is 1.22 bits per heavy atom. The first kappa shape index (κ1) is 15.5. The Morgan fingerprint density at radius 3 is 2.50 bits per heavy atom. The molecular weight excluding hydrogens is 228 g/mol. The van der Waals surface area contributed by atoms with Crippen molar-refractivity contribution >= 4 is 5.97 Å². The first-order valence-electron chi connectivity index (χ1n) is 7.52. The van der Waals surface area contributed by atoms with E-state index < -0.39 is 11.6 Å². The Hall–Kier alpha value is -0.570. The lowest BCUT2D eigenvalue weighted by Gasteiger charge is -2.30. The minimum atomic E-state index is -1.20. The van der Waals surface area contributed by atoms with Gasteiger partial charge in [0.15, 0.2) is 5.60 Å². The van der Waals surface area contributed by atoms with Gasteiger partial charge < -0.3 is 9.84 Å². The number of hydrogen-bond acceptors (Lipinski definition) is 3. The SMILES string of the molecule is CCCCCCC(C)OC(=O)C1(O)CCCCC1. The van der Waals surface area contributed by atoms with Gasteiger partial charge in [0, 0.05) is 0 Å². The molecule has 1 aliphatic carbocycles. The van der Waals surface area contributed by atoms with Gasteiger partial charge in [-0.15, -0.1) is 0 Å². The Morgan fingerprint density at radius 2 is 1.89 bits per heavy atom. The van der Waals surface area contributed by atoms with E-state index >= 15 is 0 Å². The molecule has 0 saturated heterocycles.